The zero-order valence-corrected chi connectivity index (χ0v) is 23.1. The highest BCUT2D eigenvalue weighted by Gasteiger charge is 2.23. The quantitative estimate of drug-likeness (QED) is 0.365. The zero-order valence-electron chi connectivity index (χ0n) is 22.3. The zero-order chi connectivity index (χ0) is 27.9. The van der Waals surface area contributed by atoms with Crippen molar-refractivity contribution in [2.45, 2.75) is 18.2 Å². The fourth-order valence-electron chi connectivity index (χ4n) is 5.25. The topological polar surface area (TPSA) is 78.7 Å². The Hall–Kier alpha value is -3.34. The first kappa shape index (κ1) is 27.2. The van der Waals surface area contributed by atoms with E-state index in [2.05, 4.69) is 9.88 Å². The second-order valence-corrected chi connectivity index (χ2v) is 12.1. The molecule has 1 N–H and O–H groups in total. The van der Waals surface area contributed by atoms with Gasteiger partial charge in [0, 0.05) is 81.0 Å². The predicted molar refractivity (Wildman–Crippen MR) is 150 cm³/mol. The Labute approximate surface area is 227 Å². The third-order valence-corrected chi connectivity index (χ3v) is 8.60. The van der Waals surface area contributed by atoms with Crippen molar-refractivity contribution in [3.05, 3.63) is 65.9 Å². The number of nitrogens with zero attached hydrogens (tertiary/aromatic N) is 4. The third kappa shape index (κ3) is 5.41. The number of piperazine rings is 1. The molecule has 0 unspecified atom stereocenters. The van der Waals surface area contributed by atoms with E-state index >= 15 is 8.78 Å². The summed E-state index contributed by atoms with van der Waals surface area (Å²) in [7, 11) is -1.42. The van der Waals surface area contributed by atoms with Crippen LogP contribution in [0.3, 0.4) is 0 Å². The molecule has 0 bridgehead atoms. The first-order valence-electron chi connectivity index (χ1n) is 12.9. The molecule has 1 aliphatic rings. The Kier molecular flexibility index (Phi) is 7.45. The standard InChI is InChI=1S/C29H32F2N4O3S/c1-19-22-16-27(20-5-7-21(8-6-20)39(3,37)38)33(2)28(22)18-26(32-19)23-15-25(31)29(17-24(23)30)35-12-10-34(11-13-35)9-4-14-36/h5-8,15-18,36H,4,9-14H2,1-3H3. The number of pyridine rings is 1. The number of halogens is 2. The molecule has 39 heavy (non-hydrogen) atoms. The number of sulfone groups is 1. The molecule has 1 aliphatic heterocycles. The maximum Gasteiger partial charge on any atom is 0.175 e. The van der Waals surface area contributed by atoms with Crippen LogP contribution in [0.2, 0.25) is 0 Å². The largest absolute Gasteiger partial charge is 0.396 e. The van der Waals surface area contributed by atoms with Crippen molar-refractivity contribution in [2.24, 2.45) is 7.05 Å². The van der Waals surface area contributed by atoms with Crippen LogP contribution in [0.5, 0.6) is 0 Å². The second kappa shape index (κ2) is 10.7. The molecule has 0 spiro atoms. The summed E-state index contributed by atoms with van der Waals surface area (Å²) in [6, 6.07) is 12.9. The molecule has 206 valence electrons. The molecule has 0 atom stereocenters. The Morgan fingerprint density at radius 1 is 0.974 bits per heavy atom. The average molecular weight is 555 g/mol. The number of hydrogen-bond donors (Lipinski definition) is 1. The number of rotatable bonds is 7. The van der Waals surface area contributed by atoms with E-state index in [1.807, 2.05) is 29.5 Å². The molecule has 2 aromatic carbocycles. The SMILES string of the molecule is Cc1nc(-c2cc(F)c(N3CCN(CCCO)CC3)cc2F)cc2c1cc(-c1ccc(S(C)(=O)=O)cc1)n2C. The van der Waals surface area contributed by atoms with Crippen molar-refractivity contribution in [1.29, 1.82) is 0 Å². The molecule has 4 aromatic rings. The smallest absolute Gasteiger partial charge is 0.175 e. The molecule has 1 saturated heterocycles. The number of aliphatic hydroxyl groups is 1. The molecule has 0 aliphatic carbocycles. The second-order valence-electron chi connectivity index (χ2n) is 10.1. The van der Waals surface area contributed by atoms with Crippen LogP contribution in [-0.4, -0.2) is 73.6 Å². The Balaban J connectivity index is 1.46. The molecule has 3 heterocycles. The summed E-state index contributed by atoms with van der Waals surface area (Å²) in [4.78, 5) is 8.93. The summed E-state index contributed by atoms with van der Waals surface area (Å²) in [5, 5.41) is 9.91. The first-order valence-corrected chi connectivity index (χ1v) is 14.8. The van der Waals surface area contributed by atoms with Crippen LogP contribution >= 0.6 is 0 Å². The van der Waals surface area contributed by atoms with Crippen LogP contribution in [0.25, 0.3) is 33.4 Å². The lowest BCUT2D eigenvalue weighted by atomic mass is 10.1. The van der Waals surface area contributed by atoms with Gasteiger partial charge in [0.05, 0.1) is 21.8 Å². The van der Waals surface area contributed by atoms with Crippen molar-refractivity contribution in [3.8, 4) is 22.5 Å². The average Bonchev–Trinajstić information content (AvgIpc) is 3.25. The number of aliphatic hydroxyl groups excluding tert-OH is 1. The molecular formula is C29H32F2N4O3S. The minimum Gasteiger partial charge on any atom is -0.396 e. The van der Waals surface area contributed by atoms with Gasteiger partial charge in [0.2, 0.25) is 0 Å². The number of aryl methyl sites for hydroxylation is 2. The highest BCUT2D eigenvalue weighted by molar-refractivity contribution is 7.90. The van der Waals surface area contributed by atoms with Gasteiger partial charge in [0.1, 0.15) is 11.6 Å². The lowest BCUT2D eigenvalue weighted by molar-refractivity contribution is 0.215. The van der Waals surface area contributed by atoms with E-state index in [0.717, 1.165) is 41.8 Å². The number of hydrogen-bond acceptors (Lipinski definition) is 6. The highest BCUT2D eigenvalue weighted by atomic mass is 32.2. The predicted octanol–water partition coefficient (Wildman–Crippen LogP) is 4.40. The van der Waals surface area contributed by atoms with Crippen molar-refractivity contribution >= 4 is 26.4 Å². The van der Waals surface area contributed by atoms with Gasteiger partial charge in [-0.25, -0.2) is 17.2 Å². The monoisotopic (exact) mass is 554 g/mol. The summed E-state index contributed by atoms with van der Waals surface area (Å²) < 4.78 is 56.3. The molecule has 0 saturated carbocycles. The van der Waals surface area contributed by atoms with Crippen molar-refractivity contribution < 1.29 is 22.3 Å². The Bertz CT molecular complexity index is 1630. The van der Waals surface area contributed by atoms with Crippen molar-refractivity contribution in [2.75, 3.05) is 50.5 Å². The van der Waals surface area contributed by atoms with E-state index in [-0.39, 0.29) is 22.8 Å². The molecule has 0 amide bonds. The van der Waals surface area contributed by atoms with E-state index in [1.165, 1.54) is 18.4 Å². The number of anilines is 1. The van der Waals surface area contributed by atoms with E-state index < -0.39 is 21.5 Å². The minimum atomic E-state index is -3.30. The number of benzene rings is 2. The molecule has 1 fully saturated rings. The number of aromatic nitrogens is 2. The first-order chi connectivity index (χ1) is 18.6. The van der Waals surface area contributed by atoms with Crippen LogP contribution in [0.4, 0.5) is 14.5 Å². The van der Waals surface area contributed by atoms with E-state index in [9.17, 15) is 8.42 Å². The maximum absolute atomic E-state index is 15.4. The third-order valence-electron chi connectivity index (χ3n) is 7.47. The van der Waals surface area contributed by atoms with E-state index in [1.54, 1.807) is 30.3 Å². The Morgan fingerprint density at radius 3 is 2.31 bits per heavy atom. The summed E-state index contributed by atoms with van der Waals surface area (Å²) in [5.41, 5.74) is 3.87. The van der Waals surface area contributed by atoms with Crippen molar-refractivity contribution in [3.63, 3.8) is 0 Å². The molecule has 0 radical (unpaired) electrons. The fraction of sp³-hybridized carbons (Fsp3) is 0.345. The van der Waals surface area contributed by atoms with Gasteiger partial charge in [0.15, 0.2) is 9.84 Å². The minimum absolute atomic E-state index is 0.100. The summed E-state index contributed by atoms with van der Waals surface area (Å²) >= 11 is 0. The fourth-order valence-corrected chi connectivity index (χ4v) is 5.88. The van der Waals surface area contributed by atoms with Crippen molar-refractivity contribution in [1.82, 2.24) is 14.5 Å². The van der Waals surface area contributed by atoms with Crippen LogP contribution in [0, 0.1) is 18.6 Å². The summed E-state index contributed by atoms with van der Waals surface area (Å²) in [6.45, 7) is 5.40. The molecule has 7 nitrogen and oxygen atoms in total. The van der Waals surface area contributed by atoms with Crippen LogP contribution in [-0.2, 0) is 16.9 Å². The van der Waals surface area contributed by atoms with E-state index in [4.69, 9.17) is 5.11 Å². The molecular weight excluding hydrogens is 522 g/mol. The van der Waals surface area contributed by atoms with Gasteiger partial charge in [-0.1, -0.05) is 12.1 Å². The van der Waals surface area contributed by atoms with Gasteiger partial charge in [0.25, 0.3) is 0 Å². The van der Waals surface area contributed by atoms with E-state index in [0.29, 0.717) is 30.9 Å². The van der Waals surface area contributed by atoms with Crippen LogP contribution < -0.4 is 4.90 Å². The number of fused-ring (bicyclic) bond motifs is 1. The maximum atomic E-state index is 15.4. The van der Waals surface area contributed by atoms with Gasteiger partial charge in [-0.3, -0.25) is 9.88 Å². The van der Waals surface area contributed by atoms with Gasteiger partial charge in [-0.2, -0.15) is 0 Å². The highest BCUT2D eigenvalue weighted by Crippen LogP contribution is 2.34. The van der Waals surface area contributed by atoms with Gasteiger partial charge < -0.3 is 14.6 Å². The lowest BCUT2D eigenvalue weighted by Gasteiger charge is -2.36. The molecule has 10 heteroatoms. The van der Waals surface area contributed by atoms with Gasteiger partial charge in [-0.05, 0) is 49.2 Å². The molecule has 5 rings (SSSR count). The van der Waals surface area contributed by atoms with Gasteiger partial charge in [-0.15, -0.1) is 0 Å². The lowest BCUT2D eigenvalue weighted by Crippen LogP contribution is -2.47. The summed E-state index contributed by atoms with van der Waals surface area (Å²) in [5.74, 6) is -1.03. The molecule has 2 aromatic heterocycles. The van der Waals surface area contributed by atoms with Gasteiger partial charge >= 0.3 is 0 Å². The Morgan fingerprint density at radius 2 is 1.67 bits per heavy atom. The summed E-state index contributed by atoms with van der Waals surface area (Å²) in [6.07, 6.45) is 1.87. The normalized spacial score (nSPS) is 14.9. The van der Waals surface area contributed by atoms with Crippen LogP contribution in [0.1, 0.15) is 12.1 Å². The van der Waals surface area contributed by atoms with Crippen LogP contribution in [0.15, 0.2) is 53.4 Å².